The zero-order valence-electron chi connectivity index (χ0n) is 15.6. The summed E-state index contributed by atoms with van der Waals surface area (Å²) in [5.41, 5.74) is 1.19. The Morgan fingerprint density at radius 1 is 1.28 bits per heavy atom. The first-order valence-electron chi connectivity index (χ1n) is 8.93. The summed E-state index contributed by atoms with van der Waals surface area (Å²) in [6.07, 6.45) is 0.687. The van der Waals surface area contributed by atoms with Gasteiger partial charge in [-0.15, -0.1) is 11.8 Å². The molecule has 2 rings (SSSR count). The number of benzene rings is 1. The molecule has 6 heteroatoms. The van der Waals surface area contributed by atoms with Gasteiger partial charge in [0.05, 0.1) is 11.8 Å². The van der Waals surface area contributed by atoms with Gasteiger partial charge >= 0.3 is 0 Å². The first kappa shape index (κ1) is 19.8. The lowest BCUT2D eigenvalue weighted by Crippen LogP contribution is -2.44. The summed E-state index contributed by atoms with van der Waals surface area (Å²) < 4.78 is 0. The van der Waals surface area contributed by atoms with Crippen molar-refractivity contribution >= 4 is 23.6 Å². The molecule has 2 atom stereocenters. The van der Waals surface area contributed by atoms with Crippen molar-refractivity contribution in [3.05, 3.63) is 29.8 Å². The fraction of sp³-hybridized carbons (Fsp3) is 0.579. The van der Waals surface area contributed by atoms with E-state index in [1.807, 2.05) is 44.0 Å². The SMILES string of the molecule is CCN(CC)C(=O)C1CC(NC(=O)CSc2ccccc2C)CN1C. The Bertz CT molecular complexity index is 604. The van der Waals surface area contributed by atoms with Crippen molar-refractivity contribution in [2.24, 2.45) is 0 Å². The van der Waals surface area contributed by atoms with Gasteiger partial charge in [-0.05, 0) is 45.9 Å². The minimum atomic E-state index is -0.130. The monoisotopic (exact) mass is 363 g/mol. The van der Waals surface area contributed by atoms with E-state index in [9.17, 15) is 9.59 Å². The van der Waals surface area contributed by atoms with E-state index < -0.39 is 0 Å². The number of carbonyl (C=O) groups is 2. The van der Waals surface area contributed by atoms with E-state index in [4.69, 9.17) is 0 Å². The predicted molar refractivity (Wildman–Crippen MR) is 103 cm³/mol. The molecule has 1 heterocycles. The lowest BCUT2D eigenvalue weighted by Gasteiger charge is -2.26. The Hall–Kier alpha value is -1.53. The number of amides is 2. The van der Waals surface area contributed by atoms with Crippen molar-refractivity contribution < 1.29 is 9.59 Å². The Morgan fingerprint density at radius 2 is 1.96 bits per heavy atom. The summed E-state index contributed by atoms with van der Waals surface area (Å²) >= 11 is 1.56. The molecule has 0 saturated carbocycles. The summed E-state index contributed by atoms with van der Waals surface area (Å²) in [6.45, 7) is 8.22. The van der Waals surface area contributed by atoms with Crippen molar-refractivity contribution in [3.8, 4) is 0 Å². The van der Waals surface area contributed by atoms with Crippen LogP contribution in [0.25, 0.3) is 0 Å². The molecule has 1 aromatic rings. The van der Waals surface area contributed by atoms with Crippen molar-refractivity contribution in [3.63, 3.8) is 0 Å². The number of likely N-dealkylation sites (N-methyl/N-ethyl adjacent to an activating group) is 2. The molecule has 0 bridgehead atoms. The molecule has 1 saturated heterocycles. The second-order valence-corrected chi connectivity index (χ2v) is 7.54. The Balaban J connectivity index is 1.84. The van der Waals surface area contributed by atoms with Gasteiger partial charge < -0.3 is 10.2 Å². The largest absolute Gasteiger partial charge is 0.351 e. The molecule has 2 amide bonds. The van der Waals surface area contributed by atoms with Crippen molar-refractivity contribution in [1.82, 2.24) is 15.1 Å². The summed E-state index contributed by atoms with van der Waals surface area (Å²) in [5.74, 6) is 0.598. The number of nitrogens with zero attached hydrogens (tertiary/aromatic N) is 2. The summed E-state index contributed by atoms with van der Waals surface area (Å²) in [4.78, 5) is 29.9. The van der Waals surface area contributed by atoms with Gasteiger partial charge in [-0.25, -0.2) is 0 Å². The number of hydrogen-bond acceptors (Lipinski definition) is 4. The number of carbonyl (C=O) groups excluding carboxylic acids is 2. The number of rotatable bonds is 7. The van der Waals surface area contributed by atoms with Crippen molar-refractivity contribution in [2.45, 2.75) is 44.2 Å². The van der Waals surface area contributed by atoms with E-state index in [1.165, 1.54) is 5.56 Å². The quantitative estimate of drug-likeness (QED) is 0.754. The standard InChI is InChI=1S/C19H29N3O2S/c1-5-22(6-2)19(24)16-11-15(12-21(16)4)20-18(23)13-25-17-10-8-7-9-14(17)3/h7-10,15-16H,5-6,11-13H2,1-4H3,(H,20,23). The molecule has 1 fully saturated rings. The van der Waals surface area contributed by atoms with Crippen LogP contribution in [0.4, 0.5) is 0 Å². The number of aryl methyl sites for hydroxylation is 1. The molecule has 0 radical (unpaired) electrons. The minimum absolute atomic E-state index is 0.0302. The molecule has 0 aromatic heterocycles. The summed E-state index contributed by atoms with van der Waals surface area (Å²) in [5, 5.41) is 3.09. The zero-order chi connectivity index (χ0) is 18.4. The van der Waals surface area contributed by atoms with Gasteiger partial charge in [-0.1, -0.05) is 18.2 Å². The van der Waals surface area contributed by atoms with Crippen molar-refractivity contribution in [2.75, 3.05) is 32.4 Å². The topological polar surface area (TPSA) is 52.7 Å². The van der Waals surface area contributed by atoms with Gasteiger partial charge in [0.25, 0.3) is 0 Å². The summed E-state index contributed by atoms with van der Waals surface area (Å²) in [6, 6.07) is 7.99. The lowest BCUT2D eigenvalue weighted by molar-refractivity contribution is -0.135. The second kappa shape index (κ2) is 9.25. The van der Waals surface area contributed by atoms with Crippen LogP contribution in [-0.4, -0.2) is 66.1 Å². The van der Waals surface area contributed by atoms with Crippen LogP contribution in [0.1, 0.15) is 25.8 Å². The molecule has 1 aromatic carbocycles. The highest BCUT2D eigenvalue weighted by Gasteiger charge is 2.36. The maximum atomic E-state index is 12.6. The van der Waals surface area contributed by atoms with Gasteiger partial charge in [0.1, 0.15) is 0 Å². The maximum Gasteiger partial charge on any atom is 0.239 e. The van der Waals surface area contributed by atoms with Gasteiger partial charge in [0.2, 0.25) is 11.8 Å². The van der Waals surface area contributed by atoms with Gasteiger partial charge in [-0.2, -0.15) is 0 Å². The smallest absolute Gasteiger partial charge is 0.239 e. The Kier molecular flexibility index (Phi) is 7.32. The fourth-order valence-electron chi connectivity index (χ4n) is 3.27. The highest BCUT2D eigenvalue weighted by molar-refractivity contribution is 8.00. The molecule has 1 aliphatic heterocycles. The van der Waals surface area contributed by atoms with Crippen LogP contribution in [0.3, 0.4) is 0 Å². The molecule has 25 heavy (non-hydrogen) atoms. The third-order valence-corrected chi connectivity index (χ3v) is 5.90. The van der Waals surface area contributed by atoms with Crippen molar-refractivity contribution in [1.29, 1.82) is 0 Å². The van der Waals surface area contributed by atoms with Crippen LogP contribution in [0.5, 0.6) is 0 Å². The second-order valence-electron chi connectivity index (χ2n) is 6.52. The van der Waals surface area contributed by atoms with Crippen LogP contribution in [0, 0.1) is 6.92 Å². The zero-order valence-corrected chi connectivity index (χ0v) is 16.4. The number of nitrogens with one attached hydrogen (secondary N) is 1. The highest BCUT2D eigenvalue weighted by Crippen LogP contribution is 2.22. The Labute approximate surface area is 155 Å². The Morgan fingerprint density at radius 3 is 2.60 bits per heavy atom. The number of thioether (sulfide) groups is 1. The van der Waals surface area contributed by atoms with Crippen LogP contribution >= 0.6 is 11.8 Å². The lowest BCUT2D eigenvalue weighted by atomic mass is 10.1. The maximum absolute atomic E-state index is 12.6. The summed E-state index contributed by atoms with van der Waals surface area (Å²) in [7, 11) is 1.96. The van der Waals surface area contributed by atoms with Gasteiger partial charge in [-0.3, -0.25) is 14.5 Å². The molecule has 138 valence electrons. The number of likely N-dealkylation sites (tertiary alicyclic amines) is 1. The van der Waals surface area contributed by atoms with Crippen LogP contribution in [0.15, 0.2) is 29.2 Å². The predicted octanol–water partition coefficient (Wildman–Crippen LogP) is 2.14. The van der Waals surface area contributed by atoms with E-state index in [2.05, 4.69) is 23.2 Å². The van der Waals surface area contributed by atoms with Crippen LogP contribution in [0.2, 0.25) is 0 Å². The highest BCUT2D eigenvalue weighted by atomic mass is 32.2. The average Bonchev–Trinajstić information content (AvgIpc) is 2.95. The van der Waals surface area contributed by atoms with E-state index in [1.54, 1.807) is 11.8 Å². The molecule has 0 spiro atoms. The molecule has 2 unspecified atom stereocenters. The van der Waals surface area contributed by atoms with E-state index in [0.29, 0.717) is 12.2 Å². The van der Waals surface area contributed by atoms with Gasteiger partial charge in [0, 0.05) is 30.6 Å². The minimum Gasteiger partial charge on any atom is -0.351 e. The first-order valence-corrected chi connectivity index (χ1v) is 9.91. The molecule has 1 aliphatic rings. The van der Waals surface area contributed by atoms with Crippen LogP contribution < -0.4 is 5.32 Å². The van der Waals surface area contributed by atoms with Gasteiger partial charge in [0.15, 0.2) is 0 Å². The molecule has 5 nitrogen and oxygen atoms in total. The molecular weight excluding hydrogens is 334 g/mol. The normalized spacial score (nSPS) is 20.5. The average molecular weight is 364 g/mol. The fourth-order valence-corrected chi connectivity index (χ4v) is 4.11. The molecule has 1 N–H and O–H groups in total. The first-order chi connectivity index (χ1) is 12.0. The molecular formula is C19H29N3O2S. The number of hydrogen-bond donors (Lipinski definition) is 1. The third-order valence-electron chi connectivity index (χ3n) is 4.73. The van der Waals surface area contributed by atoms with E-state index in [-0.39, 0.29) is 23.9 Å². The molecule has 0 aliphatic carbocycles. The van der Waals surface area contributed by atoms with E-state index >= 15 is 0 Å². The third kappa shape index (κ3) is 5.22. The van der Waals surface area contributed by atoms with E-state index in [0.717, 1.165) is 24.5 Å². The van der Waals surface area contributed by atoms with Crippen LogP contribution in [-0.2, 0) is 9.59 Å².